The molecular weight excluding hydrogens is 176 g/mol. The van der Waals surface area contributed by atoms with Gasteiger partial charge in [-0.15, -0.1) is 0 Å². The molecule has 3 heteroatoms. The first-order valence-corrected chi connectivity index (χ1v) is 4.74. The molecular formula is C11H12N2O. The van der Waals surface area contributed by atoms with Crippen molar-refractivity contribution >= 4 is 5.69 Å². The third-order valence-electron chi connectivity index (χ3n) is 2.58. The van der Waals surface area contributed by atoms with E-state index in [1.165, 1.54) is 5.56 Å². The summed E-state index contributed by atoms with van der Waals surface area (Å²) < 4.78 is 0. The number of nitrogens with zero attached hydrogens (tertiary/aromatic N) is 1. The van der Waals surface area contributed by atoms with Crippen molar-refractivity contribution in [3.8, 4) is 6.07 Å². The van der Waals surface area contributed by atoms with Gasteiger partial charge in [0.2, 0.25) is 0 Å². The van der Waals surface area contributed by atoms with Gasteiger partial charge in [-0.3, -0.25) is 0 Å². The zero-order valence-electron chi connectivity index (χ0n) is 7.83. The molecule has 0 saturated carbocycles. The lowest BCUT2D eigenvalue weighted by Gasteiger charge is -2.25. The van der Waals surface area contributed by atoms with Crippen LogP contribution in [0.3, 0.4) is 0 Å². The van der Waals surface area contributed by atoms with Gasteiger partial charge in [0.15, 0.2) is 0 Å². The molecule has 2 N–H and O–H groups in total. The van der Waals surface area contributed by atoms with Crippen LogP contribution in [0.5, 0.6) is 0 Å². The zero-order chi connectivity index (χ0) is 9.97. The van der Waals surface area contributed by atoms with Crippen molar-refractivity contribution in [3.05, 3.63) is 29.3 Å². The summed E-state index contributed by atoms with van der Waals surface area (Å²) in [5.74, 6) is 0. The van der Waals surface area contributed by atoms with Gasteiger partial charge < -0.3 is 10.4 Å². The molecule has 1 heterocycles. The Kier molecular flexibility index (Phi) is 2.38. The number of nitriles is 1. The van der Waals surface area contributed by atoms with Crippen LogP contribution >= 0.6 is 0 Å². The summed E-state index contributed by atoms with van der Waals surface area (Å²) in [6.07, 6.45) is 1.86. The summed E-state index contributed by atoms with van der Waals surface area (Å²) in [6.45, 7) is 0.166. The number of hydrogen-bond acceptors (Lipinski definition) is 3. The highest BCUT2D eigenvalue weighted by Gasteiger charge is 2.16. The zero-order valence-corrected chi connectivity index (χ0v) is 7.83. The molecule has 0 amide bonds. The van der Waals surface area contributed by atoms with Crippen LogP contribution in [0.25, 0.3) is 0 Å². The molecule has 0 aliphatic carbocycles. The van der Waals surface area contributed by atoms with Crippen molar-refractivity contribution in [1.29, 1.82) is 5.26 Å². The highest BCUT2D eigenvalue weighted by molar-refractivity contribution is 5.56. The number of benzene rings is 1. The van der Waals surface area contributed by atoms with E-state index in [1.807, 2.05) is 12.1 Å². The Morgan fingerprint density at radius 1 is 1.57 bits per heavy atom. The topological polar surface area (TPSA) is 56.0 Å². The number of hydrogen-bond donors (Lipinski definition) is 2. The number of fused-ring (bicyclic) bond motifs is 1. The monoisotopic (exact) mass is 188 g/mol. The Hall–Kier alpha value is -1.53. The molecule has 0 spiro atoms. The van der Waals surface area contributed by atoms with Crippen LogP contribution in [0, 0.1) is 11.3 Å². The molecule has 0 saturated heterocycles. The fourth-order valence-electron chi connectivity index (χ4n) is 1.77. The molecule has 1 unspecified atom stereocenters. The Morgan fingerprint density at radius 2 is 2.43 bits per heavy atom. The van der Waals surface area contributed by atoms with Gasteiger partial charge in [-0.1, -0.05) is 0 Å². The van der Waals surface area contributed by atoms with Crippen LogP contribution in [0.4, 0.5) is 5.69 Å². The largest absolute Gasteiger partial charge is 0.394 e. The van der Waals surface area contributed by atoms with E-state index in [1.54, 1.807) is 6.07 Å². The van der Waals surface area contributed by atoms with Crippen LogP contribution in [0.2, 0.25) is 0 Å². The minimum Gasteiger partial charge on any atom is -0.394 e. The Balaban J connectivity index is 2.29. The molecule has 1 atom stereocenters. The maximum atomic E-state index is 9.00. The molecule has 0 radical (unpaired) electrons. The summed E-state index contributed by atoms with van der Waals surface area (Å²) in [7, 11) is 0. The van der Waals surface area contributed by atoms with Gasteiger partial charge in [-0.2, -0.15) is 5.26 Å². The predicted octanol–water partition coefficient (Wildman–Crippen LogP) is 1.28. The fraction of sp³-hybridized carbons (Fsp3) is 0.364. The lowest BCUT2D eigenvalue weighted by molar-refractivity contribution is 0.267. The summed E-state index contributed by atoms with van der Waals surface area (Å²) in [5.41, 5.74) is 2.93. The Labute approximate surface area is 83.0 Å². The van der Waals surface area contributed by atoms with E-state index in [4.69, 9.17) is 10.4 Å². The summed E-state index contributed by atoms with van der Waals surface area (Å²) in [4.78, 5) is 0. The van der Waals surface area contributed by atoms with Crippen molar-refractivity contribution in [2.45, 2.75) is 18.9 Å². The predicted molar refractivity (Wildman–Crippen MR) is 54.0 cm³/mol. The molecule has 1 aliphatic rings. The van der Waals surface area contributed by atoms with Gasteiger partial charge in [0.25, 0.3) is 0 Å². The van der Waals surface area contributed by atoms with Crippen molar-refractivity contribution < 1.29 is 5.11 Å². The normalized spacial score (nSPS) is 19.3. The fourth-order valence-corrected chi connectivity index (χ4v) is 1.77. The molecule has 72 valence electrons. The minimum absolute atomic E-state index is 0.162. The van der Waals surface area contributed by atoms with Gasteiger partial charge in [0, 0.05) is 11.7 Å². The number of anilines is 1. The molecule has 1 aromatic carbocycles. The number of nitrogens with one attached hydrogen (secondary N) is 1. The smallest absolute Gasteiger partial charge is 0.0991 e. The molecule has 14 heavy (non-hydrogen) atoms. The molecule has 0 fully saturated rings. The highest BCUT2D eigenvalue weighted by atomic mass is 16.3. The first-order valence-electron chi connectivity index (χ1n) is 4.74. The molecule has 3 nitrogen and oxygen atoms in total. The van der Waals surface area contributed by atoms with Gasteiger partial charge in [-0.05, 0) is 36.6 Å². The average molecular weight is 188 g/mol. The number of aryl methyl sites for hydroxylation is 1. The van der Waals surface area contributed by atoms with E-state index in [0.29, 0.717) is 5.56 Å². The van der Waals surface area contributed by atoms with Gasteiger partial charge in [-0.25, -0.2) is 0 Å². The van der Waals surface area contributed by atoms with Crippen LogP contribution in [-0.2, 0) is 6.42 Å². The third kappa shape index (κ3) is 1.57. The lowest BCUT2D eigenvalue weighted by atomic mass is 9.97. The van der Waals surface area contributed by atoms with Gasteiger partial charge >= 0.3 is 0 Å². The number of aliphatic hydroxyl groups excluding tert-OH is 1. The number of rotatable bonds is 1. The molecule has 1 aliphatic heterocycles. The Bertz CT molecular complexity index is 381. The van der Waals surface area contributed by atoms with Crippen molar-refractivity contribution in [3.63, 3.8) is 0 Å². The maximum Gasteiger partial charge on any atom is 0.0991 e. The van der Waals surface area contributed by atoms with Crippen molar-refractivity contribution in [2.24, 2.45) is 0 Å². The van der Waals surface area contributed by atoms with E-state index in [-0.39, 0.29) is 12.6 Å². The van der Waals surface area contributed by atoms with Crippen LogP contribution in [0.15, 0.2) is 18.2 Å². The van der Waals surface area contributed by atoms with Gasteiger partial charge in [0.1, 0.15) is 0 Å². The van der Waals surface area contributed by atoms with Crippen LogP contribution < -0.4 is 5.32 Å². The molecule has 2 rings (SSSR count). The number of aliphatic hydroxyl groups is 1. The quantitative estimate of drug-likeness (QED) is 0.698. The Morgan fingerprint density at radius 3 is 3.14 bits per heavy atom. The van der Waals surface area contributed by atoms with E-state index in [2.05, 4.69) is 11.4 Å². The molecule has 0 bridgehead atoms. The van der Waals surface area contributed by atoms with Crippen LogP contribution in [0.1, 0.15) is 17.5 Å². The molecule has 1 aromatic rings. The second-order valence-electron chi connectivity index (χ2n) is 3.55. The van der Waals surface area contributed by atoms with E-state index < -0.39 is 0 Å². The second kappa shape index (κ2) is 3.69. The minimum atomic E-state index is 0.162. The highest BCUT2D eigenvalue weighted by Crippen LogP contribution is 2.25. The van der Waals surface area contributed by atoms with Crippen molar-refractivity contribution in [1.82, 2.24) is 0 Å². The third-order valence-corrected chi connectivity index (χ3v) is 2.58. The molecule has 0 aromatic heterocycles. The SMILES string of the molecule is N#Cc1ccc2c(c1)CCC(CO)N2. The van der Waals surface area contributed by atoms with E-state index >= 15 is 0 Å². The maximum absolute atomic E-state index is 9.00. The summed E-state index contributed by atoms with van der Waals surface area (Å²) in [5, 5.41) is 21.0. The summed E-state index contributed by atoms with van der Waals surface area (Å²) in [6, 6.07) is 7.91. The first kappa shape index (κ1) is 9.04. The van der Waals surface area contributed by atoms with Crippen molar-refractivity contribution in [2.75, 3.05) is 11.9 Å². The van der Waals surface area contributed by atoms with E-state index in [0.717, 1.165) is 18.5 Å². The summed E-state index contributed by atoms with van der Waals surface area (Å²) >= 11 is 0. The second-order valence-corrected chi connectivity index (χ2v) is 3.55. The average Bonchev–Trinajstić information content (AvgIpc) is 2.27. The van der Waals surface area contributed by atoms with E-state index in [9.17, 15) is 0 Å². The lowest BCUT2D eigenvalue weighted by Crippen LogP contribution is -2.28. The van der Waals surface area contributed by atoms with Gasteiger partial charge in [0.05, 0.1) is 18.2 Å². The standard InChI is InChI=1S/C11H12N2O/c12-6-8-1-4-11-9(5-8)2-3-10(7-14)13-11/h1,4-5,10,13-14H,2-3,7H2. The first-order chi connectivity index (χ1) is 6.83. The van der Waals surface area contributed by atoms with Crippen LogP contribution in [-0.4, -0.2) is 17.8 Å².